The molecule has 1 heteroatoms. The third-order valence-electron chi connectivity index (χ3n) is 4.20. The number of allylic oxidation sites excluding steroid dienone is 2. The summed E-state index contributed by atoms with van der Waals surface area (Å²) in [4.78, 5) is 0. The Bertz CT molecular complexity index is 210. The molecule has 0 amide bonds. The van der Waals surface area contributed by atoms with Crippen LogP contribution in [0.1, 0.15) is 110 Å². The highest BCUT2D eigenvalue weighted by molar-refractivity contribution is 4.82. The predicted molar refractivity (Wildman–Crippen MR) is 95.7 cm³/mol. The van der Waals surface area contributed by atoms with Crippen LogP contribution < -0.4 is 0 Å². The predicted octanol–water partition coefficient (Wildman–Crippen LogP) is 6.79. The second-order valence-electron chi connectivity index (χ2n) is 6.46. The molecule has 0 aliphatic heterocycles. The van der Waals surface area contributed by atoms with Crippen LogP contribution in [-0.2, 0) is 0 Å². The summed E-state index contributed by atoms with van der Waals surface area (Å²) in [6.07, 6.45) is 23.4. The quantitative estimate of drug-likeness (QED) is 0.245. The lowest BCUT2D eigenvalue weighted by atomic mass is 10.0. The summed E-state index contributed by atoms with van der Waals surface area (Å²) < 4.78 is 0. The van der Waals surface area contributed by atoms with Crippen LogP contribution in [0.15, 0.2) is 12.2 Å². The van der Waals surface area contributed by atoms with Crippen LogP contribution in [-0.4, -0.2) is 11.2 Å². The summed E-state index contributed by atoms with van der Waals surface area (Å²) in [5, 5.41) is 9.93. The van der Waals surface area contributed by atoms with Crippen molar-refractivity contribution in [3.05, 3.63) is 12.2 Å². The molecule has 1 unspecified atom stereocenters. The van der Waals surface area contributed by atoms with E-state index in [2.05, 4.69) is 26.0 Å². The Labute approximate surface area is 134 Å². The maximum atomic E-state index is 9.93. The maximum Gasteiger partial charge on any atom is 0.0543 e. The Morgan fingerprint density at radius 3 is 1.81 bits per heavy atom. The summed E-state index contributed by atoms with van der Waals surface area (Å²) in [6.45, 7) is 4.51. The standard InChI is InChI=1S/C20H40O/c1-3-5-7-9-11-13-15-17-19-20(21)18-16-14-12-10-8-6-4-2/h13,15,20-21H,3-12,14,16-19H2,1-2H3/b15-13+. The molecule has 0 aromatic rings. The van der Waals surface area contributed by atoms with Crippen molar-refractivity contribution < 1.29 is 5.11 Å². The summed E-state index contributed by atoms with van der Waals surface area (Å²) >= 11 is 0. The van der Waals surface area contributed by atoms with E-state index in [1.54, 1.807) is 0 Å². The van der Waals surface area contributed by atoms with Gasteiger partial charge in [-0.15, -0.1) is 0 Å². The molecule has 0 radical (unpaired) electrons. The smallest absolute Gasteiger partial charge is 0.0543 e. The van der Waals surface area contributed by atoms with Gasteiger partial charge >= 0.3 is 0 Å². The Morgan fingerprint density at radius 1 is 0.619 bits per heavy atom. The Morgan fingerprint density at radius 2 is 1.14 bits per heavy atom. The molecule has 0 spiro atoms. The SMILES string of the molecule is CCCCCC/C=C/CCC(O)CCCCCCCCC. The van der Waals surface area contributed by atoms with Crippen molar-refractivity contribution in [1.82, 2.24) is 0 Å². The topological polar surface area (TPSA) is 20.2 Å². The van der Waals surface area contributed by atoms with Gasteiger partial charge in [0.15, 0.2) is 0 Å². The Balaban J connectivity index is 3.22. The molecule has 0 saturated carbocycles. The lowest BCUT2D eigenvalue weighted by Gasteiger charge is -2.08. The van der Waals surface area contributed by atoms with Gasteiger partial charge in [0, 0.05) is 0 Å². The van der Waals surface area contributed by atoms with Gasteiger partial charge in [-0.25, -0.2) is 0 Å². The lowest BCUT2D eigenvalue weighted by Crippen LogP contribution is -2.05. The van der Waals surface area contributed by atoms with Gasteiger partial charge in [-0.1, -0.05) is 90.2 Å². The second kappa shape index (κ2) is 17.8. The van der Waals surface area contributed by atoms with Crippen molar-refractivity contribution in [3.63, 3.8) is 0 Å². The van der Waals surface area contributed by atoms with E-state index >= 15 is 0 Å². The summed E-state index contributed by atoms with van der Waals surface area (Å²) in [7, 11) is 0. The van der Waals surface area contributed by atoms with Gasteiger partial charge in [0.25, 0.3) is 0 Å². The number of aliphatic hydroxyl groups excluding tert-OH is 1. The zero-order chi connectivity index (χ0) is 15.6. The minimum absolute atomic E-state index is 0.0783. The third-order valence-corrected chi connectivity index (χ3v) is 4.20. The fourth-order valence-corrected chi connectivity index (χ4v) is 2.69. The van der Waals surface area contributed by atoms with Gasteiger partial charge in [0.1, 0.15) is 0 Å². The Hall–Kier alpha value is -0.300. The minimum atomic E-state index is -0.0783. The molecule has 1 N–H and O–H groups in total. The second-order valence-corrected chi connectivity index (χ2v) is 6.46. The van der Waals surface area contributed by atoms with Crippen LogP contribution in [0, 0.1) is 0 Å². The molecule has 1 atom stereocenters. The molecule has 0 aliphatic rings. The van der Waals surface area contributed by atoms with Gasteiger partial charge in [-0.05, 0) is 32.1 Å². The minimum Gasteiger partial charge on any atom is -0.393 e. The van der Waals surface area contributed by atoms with Gasteiger partial charge in [0.2, 0.25) is 0 Å². The van der Waals surface area contributed by atoms with E-state index in [4.69, 9.17) is 0 Å². The van der Waals surface area contributed by atoms with Crippen LogP contribution in [0.5, 0.6) is 0 Å². The number of hydrogen-bond donors (Lipinski definition) is 1. The van der Waals surface area contributed by atoms with Gasteiger partial charge < -0.3 is 5.11 Å². The van der Waals surface area contributed by atoms with Crippen LogP contribution in [0.4, 0.5) is 0 Å². The fourth-order valence-electron chi connectivity index (χ4n) is 2.69. The molecular formula is C20H40O. The first kappa shape index (κ1) is 20.7. The molecule has 0 fully saturated rings. The van der Waals surface area contributed by atoms with Crippen LogP contribution >= 0.6 is 0 Å². The van der Waals surface area contributed by atoms with Crippen LogP contribution in [0.2, 0.25) is 0 Å². The van der Waals surface area contributed by atoms with Gasteiger partial charge in [-0.3, -0.25) is 0 Å². The molecule has 0 bridgehead atoms. The van der Waals surface area contributed by atoms with Crippen LogP contribution in [0.25, 0.3) is 0 Å². The van der Waals surface area contributed by atoms with E-state index in [9.17, 15) is 5.11 Å². The molecule has 21 heavy (non-hydrogen) atoms. The number of rotatable bonds is 16. The van der Waals surface area contributed by atoms with Gasteiger partial charge in [0.05, 0.1) is 6.10 Å². The van der Waals surface area contributed by atoms with Crippen LogP contribution in [0.3, 0.4) is 0 Å². The molecule has 0 rings (SSSR count). The van der Waals surface area contributed by atoms with E-state index in [1.165, 1.54) is 77.0 Å². The average Bonchev–Trinajstić information content (AvgIpc) is 2.49. The van der Waals surface area contributed by atoms with Gasteiger partial charge in [-0.2, -0.15) is 0 Å². The zero-order valence-electron chi connectivity index (χ0n) is 14.8. The summed E-state index contributed by atoms with van der Waals surface area (Å²) in [5.41, 5.74) is 0. The summed E-state index contributed by atoms with van der Waals surface area (Å²) in [6, 6.07) is 0. The van der Waals surface area contributed by atoms with E-state index in [1.807, 2.05) is 0 Å². The highest BCUT2D eigenvalue weighted by Gasteiger charge is 2.02. The largest absolute Gasteiger partial charge is 0.393 e. The number of aliphatic hydroxyl groups is 1. The van der Waals surface area contributed by atoms with Crippen molar-refractivity contribution in [3.8, 4) is 0 Å². The van der Waals surface area contributed by atoms with E-state index in [0.29, 0.717) is 0 Å². The fraction of sp³-hybridized carbons (Fsp3) is 0.900. The lowest BCUT2D eigenvalue weighted by molar-refractivity contribution is 0.152. The monoisotopic (exact) mass is 296 g/mol. The normalized spacial score (nSPS) is 13.1. The maximum absolute atomic E-state index is 9.93. The highest BCUT2D eigenvalue weighted by atomic mass is 16.3. The summed E-state index contributed by atoms with van der Waals surface area (Å²) in [5.74, 6) is 0. The zero-order valence-corrected chi connectivity index (χ0v) is 14.8. The number of hydrogen-bond acceptors (Lipinski definition) is 1. The molecule has 126 valence electrons. The average molecular weight is 297 g/mol. The molecule has 1 nitrogen and oxygen atoms in total. The highest BCUT2D eigenvalue weighted by Crippen LogP contribution is 2.12. The third kappa shape index (κ3) is 17.6. The molecule has 0 heterocycles. The molecule has 0 aromatic heterocycles. The van der Waals surface area contributed by atoms with E-state index in [0.717, 1.165) is 19.3 Å². The van der Waals surface area contributed by atoms with Crippen molar-refractivity contribution in [1.29, 1.82) is 0 Å². The first-order valence-corrected chi connectivity index (χ1v) is 9.64. The van der Waals surface area contributed by atoms with E-state index < -0.39 is 0 Å². The first-order chi connectivity index (χ1) is 10.3. The molecular weight excluding hydrogens is 256 g/mol. The van der Waals surface area contributed by atoms with Crippen molar-refractivity contribution in [2.45, 2.75) is 116 Å². The molecule has 0 aliphatic carbocycles. The van der Waals surface area contributed by atoms with E-state index in [-0.39, 0.29) is 6.10 Å². The molecule has 0 aromatic carbocycles. The number of unbranched alkanes of at least 4 members (excludes halogenated alkanes) is 10. The van der Waals surface area contributed by atoms with Crippen molar-refractivity contribution >= 4 is 0 Å². The molecule has 0 saturated heterocycles. The first-order valence-electron chi connectivity index (χ1n) is 9.64. The Kier molecular flexibility index (Phi) is 17.5. The van der Waals surface area contributed by atoms with Crippen molar-refractivity contribution in [2.24, 2.45) is 0 Å². The van der Waals surface area contributed by atoms with Crippen molar-refractivity contribution in [2.75, 3.05) is 0 Å².